The second-order valence-corrected chi connectivity index (χ2v) is 8.18. The molecule has 1 aliphatic heterocycles. The third-order valence-corrected chi connectivity index (χ3v) is 6.36. The topological polar surface area (TPSA) is 78.3 Å². The molecule has 0 saturated carbocycles. The maximum atomic E-state index is 12.6. The van der Waals surface area contributed by atoms with Crippen molar-refractivity contribution in [3.05, 3.63) is 59.3 Å². The van der Waals surface area contributed by atoms with Gasteiger partial charge in [0.15, 0.2) is 0 Å². The number of ether oxygens (including phenoxy) is 2. The number of rotatable bonds is 4. The van der Waals surface area contributed by atoms with Crippen LogP contribution in [0.4, 0.5) is 5.82 Å². The smallest absolute Gasteiger partial charge is 0.226 e. The van der Waals surface area contributed by atoms with Crippen molar-refractivity contribution in [2.75, 3.05) is 19.5 Å². The highest BCUT2D eigenvalue weighted by Crippen LogP contribution is 2.41. The zero-order chi connectivity index (χ0) is 20.8. The number of nitrogens with one attached hydrogen (secondary N) is 1. The van der Waals surface area contributed by atoms with Crippen LogP contribution in [0.1, 0.15) is 29.2 Å². The summed E-state index contributed by atoms with van der Waals surface area (Å²) in [4.78, 5) is 17.3. The van der Waals surface area contributed by atoms with E-state index in [1.807, 2.05) is 49.4 Å². The largest absolute Gasteiger partial charge is 0.497 e. The summed E-state index contributed by atoms with van der Waals surface area (Å²) < 4.78 is 13.4. The average Bonchev–Trinajstić information content (AvgIpc) is 3.33. The van der Waals surface area contributed by atoms with Crippen LogP contribution in [0.5, 0.6) is 11.5 Å². The van der Waals surface area contributed by atoms with Crippen molar-refractivity contribution in [1.82, 2.24) is 14.8 Å². The summed E-state index contributed by atoms with van der Waals surface area (Å²) in [6.07, 6.45) is 0.365. The molecule has 2 aromatic carbocycles. The predicted molar refractivity (Wildman–Crippen MR) is 116 cm³/mol. The third-order valence-electron chi connectivity index (χ3n) is 5.36. The molecule has 5 rings (SSSR count). The van der Waals surface area contributed by atoms with E-state index in [9.17, 15) is 4.79 Å². The number of aromatic nitrogens is 3. The summed E-state index contributed by atoms with van der Waals surface area (Å²) in [5.74, 6) is 2.10. The molecule has 1 N–H and O–H groups in total. The van der Waals surface area contributed by atoms with E-state index in [0.29, 0.717) is 17.4 Å². The van der Waals surface area contributed by atoms with Crippen LogP contribution < -0.4 is 14.8 Å². The standard InChI is InChI=1S/C22H20N4O3S/c1-12-20-16(13-5-4-6-14(9-13)28-2)11-19(27)24-21(20)26(25-12)22-23-17-8-7-15(29-3)10-18(17)30-22/h4-10,16H,11H2,1-3H3,(H,24,27). The average molecular weight is 420 g/mol. The predicted octanol–water partition coefficient (Wildman–Crippen LogP) is 4.28. The summed E-state index contributed by atoms with van der Waals surface area (Å²) in [7, 11) is 3.29. The number of nitrogens with zero attached hydrogens (tertiary/aromatic N) is 3. The Morgan fingerprint density at radius 1 is 1.13 bits per heavy atom. The minimum Gasteiger partial charge on any atom is -0.497 e. The van der Waals surface area contributed by atoms with Gasteiger partial charge in [0.05, 0.1) is 30.1 Å². The number of fused-ring (bicyclic) bond motifs is 2. The van der Waals surface area contributed by atoms with Crippen LogP contribution in [0.2, 0.25) is 0 Å². The van der Waals surface area contributed by atoms with Gasteiger partial charge < -0.3 is 14.8 Å². The highest BCUT2D eigenvalue weighted by Gasteiger charge is 2.33. The molecule has 3 heterocycles. The van der Waals surface area contributed by atoms with Gasteiger partial charge in [-0.05, 0) is 42.8 Å². The first-order valence-corrected chi connectivity index (χ1v) is 10.4. The lowest BCUT2D eigenvalue weighted by Gasteiger charge is -2.24. The van der Waals surface area contributed by atoms with Gasteiger partial charge in [-0.2, -0.15) is 9.78 Å². The number of thiazole rings is 1. The second-order valence-electron chi connectivity index (χ2n) is 7.17. The molecule has 0 saturated heterocycles. The molecule has 2 aromatic heterocycles. The Kier molecular flexibility index (Phi) is 4.43. The van der Waals surface area contributed by atoms with Crippen LogP contribution in [0, 0.1) is 6.92 Å². The van der Waals surface area contributed by atoms with Crippen LogP contribution in [-0.4, -0.2) is 34.9 Å². The lowest BCUT2D eigenvalue weighted by Crippen LogP contribution is -2.24. The Hall–Kier alpha value is -3.39. The molecule has 8 heteroatoms. The first kappa shape index (κ1) is 18.6. The van der Waals surface area contributed by atoms with E-state index in [0.717, 1.165) is 38.5 Å². The van der Waals surface area contributed by atoms with Gasteiger partial charge in [-0.25, -0.2) is 4.98 Å². The molecule has 4 aromatic rings. The molecule has 1 aliphatic rings. The number of anilines is 1. The first-order valence-electron chi connectivity index (χ1n) is 9.55. The summed E-state index contributed by atoms with van der Waals surface area (Å²) in [6, 6.07) is 13.6. The lowest BCUT2D eigenvalue weighted by molar-refractivity contribution is -0.116. The van der Waals surface area contributed by atoms with Crippen molar-refractivity contribution in [3.8, 4) is 16.6 Å². The number of benzene rings is 2. The Morgan fingerprint density at radius 3 is 2.73 bits per heavy atom. The van der Waals surface area contributed by atoms with Crippen molar-refractivity contribution in [2.45, 2.75) is 19.3 Å². The van der Waals surface area contributed by atoms with Crippen molar-refractivity contribution in [1.29, 1.82) is 0 Å². The summed E-state index contributed by atoms with van der Waals surface area (Å²) in [5, 5.41) is 8.46. The van der Waals surface area contributed by atoms with Gasteiger partial charge in [0, 0.05) is 17.9 Å². The molecule has 0 aliphatic carbocycles. The van der Waals surface area contributed by atoms with Gasteiger partial charge in [0.1, 0.15) is 17.3 Å². The maximum Gasteiger partial charge on any atom is 0.226 e. The van der Waals surface area contributed by atoms with Gasteiger partial charge in [0.25, 0.3) is 0 Å². The Labute approximate surface area is 177 Å². The molecule has 0 fully saturated rings. The number of aryl methyl sites for hydroxylation is 1. The molecule has 1 amide bonds. The van der Waals surface area contributed by atoms with Crippen molar-refractivity contribution >= 4 is 33.3 Å². The van der Waals surface area contributed by atoms with Crippen LogP contribution in [0.25, 0.3) is 15.3 Å². The second kappa shape index (κ2) is 7.14. The molecule has 30 heavy (non-hydrogen) atoms. The highest BCUT2D eigenvalue weighted by molar-refractivity contribution is 7.20. The quantitative estimate of drug-likeness (QED) is 0.533. The zero-order valence-corrected chi connectivity index (χ0v) is 17.6. The Morgan fingerprint density at radius 2 is 1.93 bits per heavy atom. The number of hydrogen-bond donors (Lipinski definition) is 1. The molecule has 7 nitrogen and oxygen atoms in total. The minimum absolute atomic E-state index is 0.0424. The van der Waals surface area contributed by atoms with Crippen molar-refractivity contribution in [2.24, 2.45) is 0 Å². The lowest BCUT2D eigenvalue weighted by atomic mass is 9.86. The van der Waals surface area contributed by atoms with E-state index in [1.54, 1.807) is 18.9 Å². The minimum atomic E-state index is -0.0907. The maximum absolute atomic E-state index is 12.6. The summed E-state index contributed by atoms with van der Waals surface area (Å²) in [6.45, 7) is 1.97. The van der Waals surface area contributed by atoms with E-state index in [4.69, 9.17) is 19.6 Å². The van der Waals surface area contributed by atoms with E-state index >= 15 is 0 Å². The number of hydrogen-bond acceptors (Lipinski definition) is 6. The van der Waals surface area contributed by atoms with E-state index in [1.165, 1.54) is 11.3 Å². The van der Waals surface area contributed by atoms with Gasteiger partial charge in [-0.15, -0.1) is 0 Å². The Balaban J connectivity index is 1.64. The number of amides is 1. The molecule has 0 spiro atoms. The normalized spacial score (nSPS) is 15.7. The molecular weight excluding hydrogens is 400 g/mol. The van der Waals surface area contributed by atoms with Crippen molar-refractivity contribution in [3.63, 3.8) is 0 Å². The van der Waals surface area contributed by atoms with E-state index in [2.05, 4.69) is 5.32 Å². The third kappa shape index (κ3) is 3.00. The molecule has 0 radical (unpaired) electrons. The number of carbonyl (C=O) groups is 1. The van der Waals surface area contributed by atoms with E-state index < -0.39 is 0 Å². The Bertz CT molecular complexity index is 1280. The molecule has 152 valence electrons. The number of carbonyl (C=O) groups excluding carboxylic acids is 1. The molecule has 1 atom stereocenters. The monoisotopic (exact) mass is 420 g/mol. The molecule has 1 unspecified atom stereocenters. The van der Waals surface area contributed by atoms with Gasteiger partial charge >= 0.3 is 0 Å². The van der Waals surface area contributed by atoms with Crippen molar-refractivity contribution < 1.29 is 14.3 Å². The van der Waals surface area contributed by atoms with E-state index in [-0.39, 0.29) is 11.8 Å². The fourth-order valence-electron chi connectivity index (χ4n) is 3.94. The fraction of sp³-hybridized carbons (Fsp3) is 0.227. The van der Waals surface area contributed by atoms with Crippen LogP contribution >= 0.6 is 11.3 Å². The van der Waals surface area contributed by atoms with Crippen LogP contribution in [0.3, 0.4) is 0 Å². The summed E-state index contributed by atoms with van der Waals surface area (Å²) in [5.41, 5.74) is 3.78. The van der Waals surface area contributed by atoms with Gasteiger partial charge in [0.2, 0.25) is 11.0 Å². The zero-order valence-electron chi connectivity index (χ0n) is 16.8. The molecule has 0 bridgehead atoms. The first-order chi connectivity index (χ1) is 14.6. The molecular formula is C22H20N4O3S. The van der Waals surface area contributed by atoms with Crippen LogP contribution in [-0.2, 0) is 4.79 Å². The fourth-order valence-corrected chi connectivity index (χ4v) is 4.89. The highest BCUT2D eigenvalue weighted by atomic mass is 32.1. The van der Waals surface area contributed by atoms with Gasteiger partial charge in [-0.1, -0.05) is 23.5 Å². The SMILES string of the molecule is COc1cccc(C2CC(=O)Nc3c2c(C)nn3-c2nc3ccc(OC)cc3s2)c1. The van der Waals surface area contributed by atoms with Gasteiger partial charge in [-0.3, -0.25) is 4.79 Å². The summed E-state index contributed by atoms with van der Waals surface area (Å²) >= 11 is 1.51. The number of methoxy groups -OCH3 is 2. The van der Waals surface area contributed by atoms with Crippen LogP contribution in [0.15, 0.2) is 42.5 Å².